The van der Waals surface area contributed by atoms with E-state index in [2.05, 4.69) is 20.5 Å². The normalized spacial score (nSPS) is 22.3. The fourth-order valence-electron chi connectivity index (χ4n) is 3.96. The summed E-state index contributed by atoms with van der Waals surface area (Å²) in [6, 6.07) is 6.26. The second-order valence-electron chi connectivity index (χ2n) is 7.22. The lowest BCUT2D eigenvalue weighted by atomic mass is 9.70. The van der Waals surface area contributed by atoms with Crippen molar-refractivity contribution in [2.75, 3.05) is 20.1 Å². The zero-order valence-corrected chi connectivity index (χ0v) is 16.9. The van der Waals surface area contributed by atoms with E-state index < -0.39 is 5.41 Å². The van der Waals surface area contributed by atoms with Gasteiger partial charge < -0.3 is 10.5 Å². The summed E-state index contributed by atoms with van der Waals surface area (Å²) >= 11 is 1.52. The second kappa shape index (κ2) is 7.96. The number of benzene rings is 1. The van der Waals surface area contributed by atoms with E-state index in [0.29, 0.717) is 13.0 Å². The van der Waals surface area contributed by atoms with E-state index in [9.17, 15) is 9.18 Å². The monoisotopic (exact) mass is 411 g/mol. The van der Waals surface area contributed by atoms with Crippen LogP contribution in [0.4, 0.5) is 4.39 Å². The molecule has 2 aliphatic rings. The Morgan fingerprint density at radius 1 is 1.38 bits per heavy atom. The van der Waals surface area contributed by atoms with Crippen molar-refractivity contribution in [3.8, 4) is 5.69 Å². The van der Waals surface area contributed by atoms with Crippen molar-refractivity contribution in [2.45, 2.75) is 12.8 Å². The number of aliphatic imine (C=N–C) groups is 1. The maximum Gasteiger partial charge on any atom is 0.131 e. The summed E-state index contributed by atoms with van der Waals surface area (Å²) in [7, 11) is 1.70. The minimum atomic E-state index is -0.571. The highest BCUT2D eigenvalue weighted by Gasteiger charge is 2.43. The molecule has 1 saturated heterocycles. The van der Waals surface area contributed by atoms with Gasteiger partial charge in [0.25, 0.3) is 0 Å². The summed E-state index contributed by atoms with van der Waals surface area (Å²) in [4.78, 5) is 17.1. The number of nitrogens with zero attached hydrogens (tertiary/aromatic N) is 4. The number of hydrogen-bond acceptors (Lipinski definition) is 6. The predicted octanol–water partition coefficient (Wildman–Crippen LogP) is 2.99. The third-order valence-corrected chi connectivity index (χ3v) is 6.41. The summed E-state index contributed by atoms with van der Waals surface area (Å²) in [5, 5.41) is 4.50. The molecule has 1 aromatic carbocycles. The minimum Gasteiger partial charge on any atom is -0.404 e. The van der Waals surface area contributed by atoms with Gasteiger partial charge in [-0.15, -0.1) is 0 Å². The van der Waals surface area contributed by atoms with Crippen LogP contribution in [-0.2, 0) is 11.2 Å². The van der Waals surface area contributed by atoms with Gasteiger partial charge in [-0.05, 0) is 60.7 Å². The highest BCUT2D eigenvalue weighted by atomic mass is 32.2. The Labute approximate surface area is 173 Å². The molecule has 2 N–H and O–H groups in total. The number of aldehydes is 1. The van der Waals surface area contributed by atoms with E-state index in [4.69, 9.17) is 5.73 Å². The molecule has 0 amide bonds. The third-order valence-electron chi connectivity index (χ3n) is 5.38. The molecule has 8 heteroatoms. The van der Waals surface area contributed by atoms with Crippen LogP contribution in [-0.4, -0.2) is 46.7 Å². The van der Waals surface area contributed by atoms with Crippen LogP contribution >= 0.6 is 11.9 Å². The number of carbonyl (C=O) groups excluding carboxylic acids is 1. The van der Waals surface area contributed by atoms with Crippen LogP contribution in [0.2, 0.25) is 0 Å². The van der Waals surface area contributed by atoms with Crippen molar-refractivity contribution in [2.24, 2.45) is 16.1 Å². The van der Waals surface area contributed by atoms with Crippen molar-refractivity contribution >= 4 is 30.5 Å². The van der Waals surface area contributed by atoms with Gasteiger partial charge in [-0.3, -0.25) is 4.99 Å². The standard InChI is InChI=1S/C21H22FN5OS/c1-24-12-19(10-23)29-26-7-6-16-8-20-15(9-21(16,13-26)14-28)11-25-27(20)18-4-2-17(22)3-5-18/h2-5,8,10-12,14H,6-7,9,13,23H2,1H3. The molecule has 150 valence electrons. The van der Waals surface area contributed by atoms with E-state index in [1.165, 1.54) is 30.3 Å². The summed E-state index contributed by atoms with van der Waals surface area (Å²) < 4.78 is 17.3. The third kappa shape index (κ3) is 3.65. The smallest absolute Gasteiger partial charge is 0.131 e. The van der Waals surface area contributed by atoms with Crippen LogP contribution in [0.3, 0.4) is 0 Å². The van der Waals surface area contributed by atoms with E-state index >= 15 is 0 Å². The van der Waals surface area contributed by atoms with Crippen LogP contribution in [0, 0.1) is 11.2 Å². The Morgan fingerprint density at radius 3 is 2.86 bits per heavy atom. The van der Waals surface area contributed by atoms with E-state index in [-0.39, 0.29) is 5.82 Å². The molecule has 6 nitrogen and oxygen atoms in total. The van der Waals surface area contributed by atoms with Crippen LogP contribution in [0.1, 0.15) is 17.7 Å². The summed E-state index contributed by atoms with van der Waals surface area (Å²) in [5.74, 6) is -0.281. The average molecular weight is 412 g/mol. The molecule has 1 unspecified atom stereocenters. The molecular formula is C21H22FN5OS. The van der Waals surface area contributed by atoms with Gasteiger partial charge in [-0.25, -0.2) is 13.4 Å². The molecule has 1 aliphatic carbocycles. The van der Waals surface area contributed by atoms with Crippen LogP contribution in [0.5, 0.6) is 0 Å². The van der Waals surface area contributed by atoms with Gasteiger partial charge in [0, 0.05) is 32.6 Å². The van der Waals surface area contributed by atoms with Crippen molar-refractivity contribution in [1.29, 1.82) is 0 Å². The number of hydrogen-bond donors (Lipinski definition) is 1. The van der Waals surface area contributed by atoms with Gasteiger partial charge in [0.1, 0.15) is 12.1 Å². The predicted molar refractivity (Wildman–Crippen MR) is 114 cm³/mol. The second-order valence-corrected chi connectivity index (χ2v) is 8.40. The van der Waals surface area contributed by atoms with Crippen molar-refractivity contribution < 1.29 is 9.18 Å². The number of aromatic nitrogens is 2. The number of rotatable bonds is 5. The first-order valence-corrected chi connectivity index (χ1v) is 10.1. The molecular weight excluding hydrogens is 389 g/mol. The lowest BCUT2D eigenvalue weighted by Crippen LogP contribution is -2.45. The van der Waals surface area contributed by atoms with Gasteiger partial charge in [-0.1, -0.05) is 5.57 Å². The van der Waals surface area contributed by atoms with Gasteiger partial charge >= 0.3 is 0 Å². The maximum atomic E-state index is 13.3. The topological polar surface area (TPSA) is 76.5 Å². The first kappa shape index (κ1) is 19.6. The zero-order valence-electron chi connectivity index (χ0n) is 16.1. The van der Waals surface area contributed by atoms with Gasteiger partial charge in [-0.2, -0.15) is 5.10 Å². The van der Waals surface area contributed by atoms with Crippen molar-refractivity contribution in [3.63, 3.8) is 0 Å². The number of halogens is 1. The molecule has 4 rings (SSSR count). The van der Waals surface area contributed by atoms with Gasteiger partial charge in [0.2, 0.25) is 0 Å². The SMILES string of the molecule is CN=CC(=CN)SN1CCC2=Cc3c(cnn3-c3ccc(F)cc3)CC2(C=O)C1. The maximum absolute atomic E-state index is 13.3. The molecule has 1 aliphatic heterocycles. The molecule has 1 atom stereocenters. The molecule has 29 heavy (non-hydrogen) atoms. The number of nitrogens with two attached hydrogens (primary N) is 1. The first-order valence-electron chi connectivity index (χ1n) is 9.36. The van der Waals surface area contributed by atoms with E-state index in [1.807, 2.05) is 4.68 Å². The summed E-state index contributed by atoms with van der Waals surface area (Å²) in [6.45, 7) is 1.41. The Hall–Kier alpha value is -2.71. The molecule has 2 aromatic rings. The highest BCUT2D eigenvalue weighted by Crippen LogP contribution is 2.44. The lowest BCUT2D eigenvalue weighted by molar-refractivity contribution is -0.115. The fourth-order valence-corrected chi connectivity index (χ4v) is 4.94. The van der Waals surface area contributed by atoms with Crippen LogP contribution in [0.25, 0.3) is 11.8 Å². The minimum absolute atomic E-state index is 0.281. The molecule has 1 aromatic heterocycles. The molecule has 0 saturated carbocycles. The van der Waals surface area contributed by atoms with Crippen LogP contribution in [0.15, 0.2) is 52.1 Å². The Morgan fingerprint density at radius 2 is 2.17 bits per heavy atom. The van der Waals surface area contributed by atoms with Crippen LogP contribution < -0.4 is 5.73 Å². The van der Waals surface area contributed by atoms with E-state index in [0.717, 1.165) is 46.7 Å². The Kier molecular flexibility index (Phi) is 5.38. The first-order chi connectivity index (χ1) is 14.1. The number of fused-ring (bicyclic) bond motifs is 2. The molecule has 0 spiro atoms. The number of piperidine rings is 1. The molecule has 0 radical (unpaired) electrons. The highest BCUT2D eigenvalue weighted by molar-refractivity contribution is 8.01. The number of carbonyl (C=O) groups is 1. The molecule has 0 bridgehead atoms. The van der Waals surface area contributed by atoms with Crippen molar-refractivity contribution in [3.05, 3.63) is 64.2 Å². The molecule has 2 heterocycles. The van der Waals surface area contributed by atoms with Gasteiger partial charge in [0.15, 0.2) is 0 Å². The Balaban J connectivity index is 1.63. The van der Waals surface area contributed by atoms with Crippen molar-refractivity contribution in [1.82, 2.24) is 14.1 Å². The van der Waals surface area contributed by atoms with Gasteiger partial charge in [0.05, 0.1) is 27.9 Å². The number of allylic oxidation sites excluding steroid dienone is 1. The van der Waals surface area contributed by atoms with E-state index in [1.54, 1.807) is 31.6 Å². The zero-order chi connectivity index (χ0) is 20.4. The summed E-state index contributed by atoms with van der Waals surface area (Å²) in [6.07, 6.45) is 9.58. The largest absolute Gasteiger partial charge is 0.404 e. The fraction of sp³-hybridized carbons (Fsp3) is 0.286. The average Bonchev–Trinajstić information content (AvgIpc) is 3.14. The quantitative estimate of drug-likeness (QED) is 0.465. The Bertz CT molecular complexity index is 1010. The lowest BCUT2D eigenvalue weighted by Gasteiger charge is -2.42. The molecule has 1 fully saturated rings. The summed E-state index contributed by atoms with van der Waals surface area (Å²) in [5.41, 5.74) is 9.01.